The Kier molecular flexibility index (Phi) is 14.7. The summed E-state index contributed by atoms with van der Waals surface area (Å²) >= 11 is 6.46. The van der Waals surface area contributed by atoms with Gasteiger partial charge in [0.15, 0.2) is 0 Å². The first-order valence-corrected chi connectivity index (χ1v) is 35.6. The van der Waals surface area contributed by atoms with Crippen molar-refractivity contribution < 1.29 is 0 Å². The van der Waals surface area contributed by atoms with Gasteiger partial charge in [-0.3, -0.25) is 0 Å². The van der Waals surface area contributed by atoms with Crippen LogP contribution in [0, 0.1) is 47.3 Å². The molecule has 464 valence electrons. The van der Waals surface area contributed by atoms with Crippen LogP contribution in [0.25, 0.3) is 66.8 Å². The van der Waals surface area contributed by atoms with Gasteiger partial charge < -0.3 is 10.2 Å². The zero-order valence-electron chi connectivity index (χ0n) is 53.9. The van der Waals surface area contributed by atoms with Gasteiger partial charge in [0.1, 0.15) is 0 Å². The van der Waals surface area contributed by atoms with Crippen LogP contribution in [0.4, 0.5) is 28.4 Å². The van der Waals surface area contributed by atoms with Crippen molar-refractivity contribution in [3.05, 3.63) is 331 Å². The highest BCUT2D eigenvalue weighted by atomic mass is 35.5. The summed E-state index contributed by atoms with van der Waals surface area (Å²) in [6, 6.07) is 110. The van der Waals surface area contributed by atoms with Gasteiger partial charge >= 0.3 is 0 Å². The van der Waals surface area contributed by atoms with E-state index in [0.717, 1.165) is 63.7 Å². The molecule has 2 spiro atoms. The van der Waals surface area contributed by atoms with Crippen molar-refractivity contribution in [2.24, 2.45) is 47.3 Å². The van der Waals surface area contributed by atoms with Gasteiger partial charge in [-0.1, -0.05) is 242 Å². The van der Waals surface area contributed by atoms with Crippen molar-refractivity contribution in [1.29, 1.82) is 0 Å². The summed E-state index contributed by atoms with van der Waals surface area (Å²) in [5.41, 5.74) is 28.4. The van der Waals surface area contributed by atoms with Crippen molar-refractivity contribution in [3.8, 4) is 66.8 Å². The molecule has 0 aliphatic heterocycles. The van der Waals surface area contributed by atoms with Crippen molar-refractivity contribution in [2.75, 3.05) is 10.2 Å². The highest BCUT2D eigenvalue weighted by Gasteiger charge is 2.63. The number of hydrogen-bond donors (Lipinski definition) is 1. The summed E-state index contributed by atoms with van der Waals surface area (Å²) < 4.78 is 0. The van der Waals surface area contributed by atoms with E-state index in [-0.39, 0.29) is 10.8 Å². The lowest BCUT2D eigenvalue weighted by atomic mass is 9.43. The van der Waals surface area contributed by atoms with E-state index in [2.05, 4.69) is 301 Å². The molecule has 8 bridgehead atoms. The summed E-state index contributed by atoms with van der Waals surface area (Å²) in [5.74, 6) is 7.03. The van der Waals surface area contributed by atoms with E-state index < -0.39 is 0 Å². The topological polar surface area (TPSA) is 15.3 Å². The summed E-state index contributed by atoms with van der Waals surface area (Å²) in [5, 5.41) is 4.37. The van der Waals surface area contributed by atoms with Crippen LogP contribution in [0.3, 0.4) is 0 Å². The molecular formula is C92H79ClN2. The lowest BCUT2D eigenvalue weighted by Crippen LogP contribution is -2.55. The van der Waals surface area contributed by atoms with Gasteiger partial charge in [-0.15, -0.1) is 0 Å². The lowest BCUT2D eigenvalue weighted by molar-refractivity contribution is -0.0399. The van der Waals surface area contributed by atoms with Gasteiger partial charge in [-0.2, -0.15) is 0 Å². The maximum absolute atomic E-state index is 6.46. The highest BCUT2D eigenvalue weighted by Crippen LogP contribution is 2.71. The van der Waals surface area contributed by atoms with Gasteiger partial charge in [0, 0.05) is 44.3 Å². The van der Waals surface area contributed by atoms with Gasteiger partial charge in [-0.05, 0) is 273 Å². The Morgan fingerprint density at radius 2 is 0.537 bits per heavy atom. The summed E-state index contributed by atoms with van der Waals surface area (Å²) in [7, 11) is 0. The average molecular weight is 1250 g/mol. The van der Waals surface area contributed by atoms with Crippen LogP contribution in [0.1, 0.15) is 86.5 Å². The number of nitrogens with one attached hydrogen (secondary N) is 1. The highest BCUT2D eigenvalue weighted by molar-refractivity contribution is 6.30. The molecule has 10 aliphatic rings. The van der Waals surface area contributed by atoms with Gasteiger partial charge in [0.05, 0.1) is 0 Å². The first kappa shape index (κ1) is 58.1. The molecule has 0 saturated heterocycles. The van der Waals surface area contributed by atoms with Crippen LogP contribution in [0.2, 0.25) is 5.02 Å². The molecule has 3 heteroatoms. The Labute approximate surface area is 566 Å². The molecule has 2 nitrogen and oxygen atoms in total. The minimum absolute atomic E-state index is 0.148. The molecule has 1 N–H and O–H groups in total. The lowest BCUT2D eigenvalue weighted by Gasteiger charge is -2.61. The minimum Gasteiger partial charge on any atom is -0.356 e. The van der Waals surface area contributed by atoms with Crippen molar-refractivity contribution in [3.63, 3.8) is 0 Å². The SMILES string of the molecule is Clc1ccc2c(c1)C1(c3ccccc3-2)C2CC3CC(C2)CC1C3.c1ccc(-c2ccc(N(c3ccc(-c4ccccc4)cc3)c3ccc4c(c3)C3(c5ccccc5-4)C4CC5CC(C4)CC3C5)cc2)cc1.c1ccc(-c2ccc(Nc3ccc(-c4ccccc4)cc3)cc2)cc1. The van der Waals surface area contributed by atoms with E-state index >= 15 is 0 Å². The number of rotatable bonds is 9. The molecule has 12 aromatic carbocycles. The zero-order valence-corrected chi connectivity index (χ0v) is 54.6. The number of fused-ring (bicyclic) bond motifs is 6. The molecule has 8 saturated carbocycles. The number of hydrogen-bond acceptors (Lipinski definition) is 2. The minimum atomic E-state index is 0.148. The third-order valence-electron chi connectivity index (χ3n) is 24.1. The number of nitrogens with zero attached hydrogens (tertiary/aromatic N) is 1. The average Bonchev–Trinajstić information content (AvgIpc) is 1.57. The standard InChI is InChI=1S/C46H39N.C24H19N.C22H21Cl/c1-3-9-33(10-4-1)35-15-19-39(20-16-35)47(40-21-17-36(18-22-40)34-11-5-2-6-12-34)41-23-24-43-42-13-7-8-14-44(42)46(45(43)30-41)37-26-31-25-32(28-37)29-38(46)27-31;1-3-7-19(8-4-1)21-11-15-23(16-12-21)25-24-17-13-22(14-18-24)20-9-5-2-6-10-20;23-17-5-6-19-18-3-1-2-4-20(18)22(21(19)12-17)15-8-13-7-14(10-15)11-16(22)9-13/h1-24,30-32,37-38H,25-29H2;1-18,25H;1-6,12-16H,7-11H2. The molecule has 0 unspecified atom stereocenters. The predicted octanol–water partition coefficient (Wildman–Crippen LogP) is 25.0. The monoisotopic (exact) mass is 1250 g/mol. The second kappa shape index (κ2) is 24.1. The Morgan fingerprint density at radius 3 is 0.905 bits per heavy atom. The van der Waals surface area contributed by atoms with Gasteiger partial charge in [-0.25, -0.2) is 0 Å². The molecule has 0 radical (unpaired) electrons. The second-order valence-corrected chi connectivity index (χ2v) is 29.5. The smallest absolute Gasteiger partial charge is 0.0465 e. The Morgan fingerprint density at radius 1 is 0.253 bits per heavy atom. The largest absolute Gasteiger partial charge is 0.356 e. The Bertz CT molecular complexity index is 4510. The third-order valence-corrected chi connectivity index (χ3v) is 24.3. The number of anilines is 5. The third kappa shape index (κ3) is 10.1. The fourth-order valence-electron chi connectivity index (χ4n) is 20.6. The molecule has 8 fully saturated rings. The quantitative estimate of drug-likeness (QED) is 0.155. The Balaban J connectivity index is 0.000000115. The van der Waals surface area contributed by atoms with Crippen molar-refractivity contribution >= 4 is 40.0 Å². The molecule has 10 aliphatic carbocycles. The first-order chi connectivity index (χ1) is 46.9. The molecular weight excluding hydrogens is 1170 g/mol. The van der Waals surface area contributed by atoms with E-state index in [1.165, 1.54) is 148 Å². The molecule has 22 rings (SSSR count). The van der Waals surface area contributed by atoms with Crippen LogP contribution < -0.4 is 10.2 Å². The maximum atomic E-state index is 6.46. The van der Waals surface area contributed by atoms with E-state index in [1.807, 2.05) is 12.1 Å². The van der Waals surface area contributed by atoms with Gasteiger partial charge in [0.25, 0.3) is 0 Å². The fraction of sp³-hybridized carbons (Fsp3) is 0.217. The fourth-order valence-corrected chi connectivity index (χ4v) is 20.8. The van der Waals surface area contributed by atoms with E-state index in [4.69, 9.17) is 11.6 Å². The Hall–Kier alpha value is -9.47. The van der Waals surface area contributed by atoms with E-state index in [0.29, 0.717) is 0 Å². The molecule has 0 heterocycles. The summed E-state index contributed by atoms with van der Waals surface area (Å²) in [4.78, 5) is 2.48. The normalized spacial score (nSPS) is 24.3. The first-order valence-electron chi connectivity index (χ1n) is 35.2. The molecule has 0 atom stereocenters. The van der Waals surface area contributed by atoms with Crippen LogP contribution >= 0.6 is 11.6 Å². The molecule has 95 heavy (non-hydrogen) atoms. The molecule has 0 aromatic heterocycles. The van der Waals surface area contributed by atoms with Crippen LogP contribution in [-0.2, 0) is 10.8 Å². The van der Waals surface area contributed by atoms with E-state index in [1.54, 1.807) is 22.3 Å². The zero-order chi connectivity index (χ0) is 63.0. The number of halogens is 1. The summed E-state index contributed by atoms with van der Waals surface area (Å²) in [6.45, 7) is 0. The van der Waals surface area contributed by atoms with E-state index in [9.17, 15) is 0 Å². The van der Waals surface area contributed by atoms with Gasteiger partial charge in [0.2, 0.25) is 0 Å². The summed E-state index contributed by atoms with van der Waals surface area (Å²) in [6.07, 6.45) is 14.3. The number of benzene rings is 12. The second-order valence-electron chi connectivity index (χ2n) is 29.0. The van der Waals surface area contributed by atoms with Crippen LogP contribution in [0.5, 0.6) is 0 Å². The molecule has 0 amide bonds. The van der Waals surface area contributed by atoms with Crippen LogP contribution in [-0.4, -0.2) is 0 Å². The van der Waals surface area contributed by atoms with Crippen LogP contribution in [0.15, 0.2) is 303 Å². The predicted molar refractivity (Wildman–Crippen MR) is 397 cm³/mol. The maximum Gasteiger partial charge on any atom is 0.0465 e. The van der Waals surface area contributed by atoms with Crippen molar-refractivity contribution in [2.45, 2.75) is 75.0 Å². The molecule has 12 aromatic rings. The van der Waals surface area contributed by atoms with Crippen molar-refractivity contribution in [1.82, 2.24) is 0 Å².